The summed E-state index contributed by atoms with van der Waals surface area (Å²) in [6.45, 7) is 6.08. The van der Waals surface area contributed by atoms with Gasteiger partial charge in [0.15, 0.2) is 11.6 Å². The number of halogens is 2. The van der Waals surface area contributed by atoms with Crippen LogP contribution < -0.4 is 9.64 Å². The third-order valence-electron chi connectivity index (χ3n) is 7.12. The van der Waals surface area contributed by atoms with E-state index in [4.69, 9.17) is 9.72 Å². The number of fused-ring (bicyclic) bond motifs is 1. The third kappa shape index (κ3) is 5.41. The number of likely N-dealkylation sites (N-methyl/N-ethyl adjacent to an activating group) is 1. The van der Waals surface area contributed by atoms with Gasteiger partial charge in [-0.15, -0.1) is 0 Å². The zero-order valence-corrected chi connectivity index (χ0v) is 21.2. The summed E-state index contributed by atoms with van der Waals surface area (Å²) < 4.78 is 34.0. The normalized spacial score (nSPS) is 16.9. The molecular formula is C28H31F2N5O2. The van der Waals surface area contributed by atoms with Crippen molar-refractivity contribution in [1.82, 2.24) is 19.8 Å². The fraction of sp³-hybridized carbons (Fsp3) is 0.393. The molecular weight excluding hydrogens is 476 g/mol. The number of carbonyl (C=O) groups is 1. The molecule has 0 spiro atoms. The quantitative estimate of drug-likeness (QED) is 0.494. The molecule has 2 aliphatic rings. The van der Waals surface area contributed by atoms with Crippen molar-refractivity contribution in [1.29, 1.82) is 0 Å². The highest BCUT2D eigenvalue weighted by molar-refractivity contribution is 5.84. The van der Waals surface area contributed by atoms with Gasteiger partial charge in [0.25, 0.3) is 0 Å². The Morgan fingerprint density at radius 3 is 2.49 bits per heavy atom. The number of piperazine rings is 1. The summed E-state index contributed by atoms with van der Waals surface area (Å²) in [5.74, 6) is -1.11. The molecule has 7 nitrogen and oxygen atoms in total. The van der Waals surface area contributed by atoms with Gasteiger partial charge in [-0.1, -0.05) is 37.3 Å². The van der Waals surface area contributed by atoms with Gasteiger partial charge in [-0.25, -0.2) is 13.8 Å². The van der Waals surface area contributed by atoms with Crippen molar-refractivity contribution in [2.24, 2.45) is 0 Å². The molecule has 1 saturated heterocycles. The number of hydrogen-bond donors (Lipinski definition) is 0. The lowest BCUT2D eigenvalue weighted by Gasteiger charge is -2.35. The summed E-state index contributed by atoms with van der Waals surface area (Å²) in [6.07, 6.45) is 1.22. The predicted molar refractivity (Wildman–Crippen MR) is 137 cm³/mol. The molecule has 1 amide bonds. The molecule has 1 atom stereocenters. The van der Waals surface area contributed by atoms with E-state index >= 15 is 0 Å². The van der Waals surface area contributed by atoms with Crippen molar-refractivity contribution in [3.8, 4) is 11.6 Å². The Morgan fingerprint density at radius 2 is 1.78 bits per heavy atom. The van der Waals surface area contributed by atoms with Crippen LogP contribution in [0.25, 0.3) is 0 Å². The van der Waals surface area contributed by atoms with E-state index in [9.17, 15) is 13.6 Å². The number of amides is 1. The maximum Gasteiger partial charge on any atom is 0.230 e. The molecule has 3 heterocycles. The van der Waals surface area contributed by atoms with E-state index < -0.39 is 11.6 Å². The van der Waals surface area contributed by atoms with Crippen LogP contribution in [0.5, 0.6) is 11.6 Å². The molecule has 37 heavy (non-hydrogen) atoms. The molecule has 1 fully saturated rings. The second-order valence-electron chi connectivity index (χ2n) is 9.60. The number of aromatic nitrogens is 2. The number of rotatable bonds is 6. The van der Waals surface area contributed by atoms with Gasteiger partial charge in [-0.05, 0) is 31.2 Å². The average Bonchev–Trinajstić information content (AvgIpc) is 2.91. The summed E-state index contributed by atoms with van der Waals surface area (Å²) >= 11 is 0. The monoisotopic (exact) mass is 507 g/mol. The Kier molecular flexibility index (Phi) is 7.32. The average molecular weight is 508 g/mol. The van der Waals surface area contributed by atoms with E-state index in [1.54, 1.807) is 4.90 Å². The van der Waals surface area contributed by atoms with Crippen LogP contribution in [0.2, 0.25) is 0 Å². The van der Waals surface area contributed by atoms with Crippen LogP contribution in [0.15, 0.2) is 48.5 Å². The predicted octanol–water partition coefficient (Wildman–Crippen LogP) is 4.38. The highest BCUT2D eigenvalue weighted by Crippen LogP contribution is 2.34. The molecule has 0 N–H and O–H groups in total. The van der Waals surface area contributed by atoms with E-state index in [0.29, 0.717) is 30.9 Å². The standard InChI is InChI=1S/C28H31F2N5O2/c1-3-21(19-7-5-4-6-8-19)27(36)35-12-11-24-22(18-35)26(37-25-10-9-20(29)17-23(25)30)32-28(31-24)34-15-13-33(2)14-16-34/h4-10,17,21H,3,11-16,18H2,1-2H3. The van der Waals surface area contributed by atoms with Crippen molar-refractivity contribution >= 4 is 11.9 Å². The summed E-state index contributed by atoms with van der Waals surface area (Å²) in [7, 11) is 2.07. The molecule has 2 aromatic carbocycles. The molecule has 0 bridgehead atoms. The van der Waals surface area contributed by atoms with Crippen molar-refractivity contribution in [3.63, 3.8) is 0 Å². The zero-order valence-electron chi connectivity index (χ0n) is 21.2. The van der Waals surface area contributed by atoms with E-state index in [-0.39, 0.29) is 30.0 Å². The van der Waals surface area contributed by atoms with Gasteiger partial charge in [0.2, 0.25) is 17.7 Å². The fourth-order valence-electron chi connectivity index (χ4n) is 4.91. The van der Waals surface area contributed by atoms with Crippen molar-refractivity contribution in [2.75, 3.05) is 44.7 Å². The number of benzene rings is 2. The van der Waals surface area contributed by atoms with Gasteiger partial charge in [0, 0.05) is 45.2 Å². The van der Waals surface area contributed by atoms with Crippen LogP contribution >= 0.6 is 0 Å². The first-order valence-electron chi connectivity index (χ1n) is 12.7. The molecule has 1 aromatic heterocycles. The molecule has 0 radical (unpaired) electrons. The van der Waals surface area contributed by atoms with Crippen molar-refractivity contribution in [3.05, 3.63) is 77.0 Å². The van der Waals surface area contributed by atoms with Crippen LogP contribution in [0.1, 0.15) is 36.1 Å². The molecule has 9 heteroatoms. The van der Waals surface area contributed by atoms with Gasteiger partial charge in [0.1, 0.15) is 5.82 Å². The molecule has 194 valence electrons. The Balaban J connectivity index is 1.47. The Labute approximate surface area is 215 Å². The van der Waals surface area contributed by atoms with Crippen LogP contribution in [0.4, 0.5) is 14.7 Å². The molecule has 0 saturated carbocycles. The molecule has 1 unspecified atom stereocenters. The van der Waals surface area contributed by atoms with Gasteiger partial charge in [-0.2, -0.15) is 4.98 Å². The summed E-state index contributed by atoms with van der Waals surface area (Å²) in [5, 5.41) is 0. The van der Waals surface area contributed by atoms with E-state index in [2.05, 4.69) is 21.8 Å². The molecule has 3 aromatic rings. The lowest BCUT2D eigenvalue weighted by atomic mass is 9.94. The first-order chi connectivity index (χ1) is 17.9. The highest BCUT2D eigenvalue weighted by Gasteiger charge is 2.32. The van der Waals surface area contributed by atoms with Crippen LogP contribution in [-0.4, -0.2) is 65.4 Å². The number of nitrogens with zero attached hydrogens (tertiary/aromatic N) is 5. The lowest BCUT2D eigenvalue weighted by molar-refractivity contribution is -0.133. The van der Waals surface area contributed by atoms with Crippen LogP contribution in [-0.2, 0) is 17.8 Å². The van der Waals surface area contributed by atoms with Crippen LogP contribution in [0, 0.1) is 11.6 Å². The molecule has 5 rings (SSSR count). The van der Waals surface area contributed by atoms with Crippen molar-refractivity contribution in [2.45, 2.75) is 32.2 Å². The topological polar surface area (TPSA) is 61.8 Å². The minimum Gasteiger partial charge on any atom is -0.435 e. The lowest BCUT2D eigenvalue weighted by Crippen LogP contribution is -2.45. The summed E-state index contributed by atoms with van der Waals surface area (Å²) in [4.78, 5) is 29.2. The Morgan fingerprint density at radius 1 is 1.03 bits per heavy atom. The first kappa shape index (κ1) is 25.1. The minimum absolute atomic E-state index is 0.0291. The summed E-state index contributed by atoms with van der Waals surface area (Å²) in [5.41, 5.74) is 2.43. The number of hydrogen-bond acceptors (Lipinski definition) is 6. The van der Waals surface area contributed by atoms with E-state index in [1.165, 1.54) is 6.07 Å². The molecule has 0 aliphatic carbocycles. The largest absolute Gasteiger partial charge is 0.435 e. The third-order valence-corrected chi connectivity index (χ3v) is 7.12. The fourth-order valence-corrected chi connectivity index (χ4v) is 4.91. The van der Waals surface area contributed by atoms with Gasteiger partial charge >= 0.3 is 0 Å². The van der Waals surface area contributed by atoms with E-state index in [0.717, 1.165) is 49.6 Å². The van der Waals surface area contributed by atoms with E-state index in [1.807, 2.05) is 37.3 Å². The van der Waals surface area contributed by atoms with Crippen LogP contribution in [0.3, 0.4) is 0 Å². The Bertz CT molecular complexity index is 1260. The maximum absolute atomic E-state index is 14.5. The number of anilines is 1. The van der Waals surface area contributed by atoms with Gasteiger partial charge < -0.3 is 19.4 Å². The number of ether oxygens (including phenoxy) is 1. The smallest absolute Gasteiger partial charge is 0.230 e. The summed E-state index contributed by atoms with van der Waals surface area (Å²) in [6, 6.07) is 12.9. The number of carbonyl (C=O) groups excluding carboxylic acids is 1. The second kappa shape index (κ2) is 10.8. The molecule has 2 aliphatic heterocycles. The zero-order chi connectivity index (χ0) is 25.9. The first-order valence-corrected chi connectivity index (χ1v) is 12.7. The maximum atomic E-state index is 14.5. The van der Waals surface area contributed by atoms with Gasteiger partial charge in [-0.3, -0.25) is 4.79 Å². The Hall–Kier alpha value is -3.59. The van der Waals surface area contributed by atoms with Gasteiger partial charge in [0.05, 0.1) is 23.7 Å². The second-order valence-corrected chi connectivity index (χ2v) is 9.60. The highest BCUT2D eigenvalue weighted by atomic mass is 19.1. The minimum atomic E-state index is -0.813. The SMILES string of the molecule is CCC(C(=O)N1CCc2nc(N3CCN(C)CC3)nc(Oc3ccc(F)cc3F)c2C1)c1ccccc1. The van der Waals surface area contributed by atoms with Crippen molar-refractivity contribution < 1.29 is 18.3 Å².